The van der Waals surface area contributed by atoms with Crippen molar-refractivity contribution in [3.05, 3.63) is 34.7 Å². The Kier molecular flexibility index (Phi) is 6.35. The summed E-state index contributed by atoms with van der Waals surface area (Å²) in [6.45, 7) is 3.58. The van der Waals surface area contributed by atoms with Gasteiger partial charge in [-0.05, 0) is 31.9 Å². The lowest BCUT2D eigenvalue weighted by atomic mass is 10.2. The zero-order chi connectivity index (χ0) is 18.4. The minimum Gasteiger partial charge on any atom is -0.492 e. The number of carbonyl (C=O) groups excluding carboxylic acids is 1. The number of carbonyl (C=O) groups is 1. The summed E-state index contributed by atoms with van der Waals surface area (Å²) < 4.78 is 12.6. The van der Waals surface area contributed by atoms with E-state index >= 15 is 0 Å². The van der Waals surface area contributed by atoms with Gasteiger partial charge in [0.05, 0.1) is 30.7 Å². The predicted molar refractivity (Wildman–Crippen MR) is 98.8 cm³/mol. The van der Waals surface area contributed by atoms with Crippen LogP contribution in [0.5, 0.6) is 5.75 Å². The number of amides is 1. The fourth-order valence-corrected chi connectivity index (χ4v) is 3.49. The van der Waals surface area contributed by atoms with Gasteiger partial charge in [-0.2, -0.15) is 0 Å². The second kappa shape index (κ2) is 8.91. The van der Waals surface area contributed by atoms with E-state index in [1.54, 1.807) is 12.1 Å². The molecule has 0 radical (unpaired) electrons. The van der Waals surface area contributed by atoms with E-state index < -0.39 is 0 Å². The number of aromatic nitrogens is 3. The topological polar surface area (TPSA) is 98.2 Å². The van der Waals surface area contributed by atoms with E-state index in [0.29, 0.717) is 29.7 Å². The molecule has 1 fully saturated rings. The van der Waals surface area contributed by atoms with Crippen LogP contribution in [0.25, 0.3) is 0 Å². The highest BCUT2D eigenvalue weighted by atomic mass is 32.2. The summed E-state index contributed by atoms with van der Waals surface area (Å²) in [5.74, 6) is 0.570. The monoisotopic (exact) mass is 378 g/mol. The predicted octanol–water partition coefficient (Wildman–Crippen LogP) is 1.88. The van der Waals surface area contributed by atoms with Crippen LogP contribution in [0.4, 0.5) is 5.69 Å². The average Bonchev–Trinajstić information content (AvgIpc) is 3.26. The molecule has 1 atom stereocenters. The molecule has 0 saturated carbocycles. The zero-order valence-electron chi connectivity index (χ0n) is 14.6. The number of nitrogens with zero attached hydrogens (tertiary/aromatic N) is 2. The molecule has 0 aliphatic carbocycles. The smallest absolute Gasteiger partial charge is 0.344 e. The van der Waals surface area contributed by atoms with Crippen LogP contribution in [0.1, 0.15) is 19.8 Å². The third kappa shape index (κ3) is 4.67. The van der Waals surface area contributed by atoms with Crippen molar-refractivity contribution in [2.24, 2.45) is 0 Å². The third-order valence-corrected chi connectivity index (χ3v) is 4.90. The second-order valence-electron chi connectivity index (χ2n) is 5.82. The van der Waals surface area contributed by atoms with Gasteiger partial charge in [0.25, 0.3) is 0 Å². The Morgan fingerprint density at radius 3 is 3.12 bits per heavy atom. The average molecular weight is 378 g/mol. The molecule has 26 heavy (non-hydrogen) atoms. The van der Waals surface area contributed by atoms with E-state index in [1.165, 1.54) is 16.3 Å². The molecule has 2 aromatic rings. The van der Waals surface area contributed by atoms with Crippen LogP contribution in [-0.2, 0) is 16.1 Å². The van der Waals surface area contributed by atoms with E-state index in [9.17, 15) is 9.59 Å². The van der Waals surface area contributed by atoms with Crippen LogP contribution in [0.3, 0.4) is 0 Å². The normalized spacial score (nSPS) is 16.6. The van der Waals surface area contributed by atoms with Gasteiger partial charge in [0.15, 0.2) is 5.16 Å². The zero-order valence-corrected chi connectivity index (χ0v) is 15.4. The molecule has 2 N–H and O–H groups in total. The number of rotatable bonds is 8. The molecular weight excluding hydrogens is 356 g/mol. The van der Waals surface area contributed by atoms with E-state index in [1.807, 2.05) is 19.1 Å². The van der Waals surface area contributed by atoms with Crippen LogP contribution in [0.15, 0.2) is 34.2 Å². The molecule has 140 valence electrons. The van der Waals surface area contributed by atoms with Crippen LogP contribution in [-0.4, -0.2) is 45.7 Å². The van der Waals surface area contributed by atoms with Gasteiger partial charge in [0, 0.05) is 6.61 Å². The van der Waals surface area contributed by atoms with Crippen molar-refractivity contribution in [1.29, 1.82) is 0 Å². The number of ether oxygens (including phenoxy) is 2. The fourth-order valence-electron chi connectivity index (χ4n) is 2.73. The molecule has 1 aliphatic heterocycles. The lowest BCUT2D eigenvalue weighted by molar-refractivity contribution is -0.113. The summed E-state index contributed by atoms with van der Waals surface area (Å²) in [5.41, 5.74) is 0.337. The van der Waals surface area contributed by atoms with Gasteiger partial charge >= 0.3 is 5.69 Å². The first kappa shape index (κ1) is 18.5. The molecule has 3 rings (SSSR count). The van der Waals surface area contributed by atoms with E-state index in [2.05, 4.69) is 15.5 Å². The number of hydrogen-bond acceptors (Lipinski definition) is 6. The van der Waals surface area contributed by atoms with Gasteiger partial charge in [-0.25, -0.2) is 9.89 Å². The van der Waals surface area contributed by atoms with Gasteiger partial charge in [-0.3, -0.25) is 9.36 Å². The van der Waals surface area contributed by atoms with Crippen LogP contribution in [0.2, 0.25) is 0 Å². The Bertz CT molecular complexity index is 798. The Labute approximate surface area is 155 Å². The molecule has 0 spiro atoms. The van der Waals surface area contributed by atoms with Gasteiger partial charge in [0.1, 0.15) is 5.75 Å². The summed E-state index contributed by atoms with van der Waals surface area (Å²) >= 11 is 1.21. The number of nitrogens with one attached hydrogen (secondary N) is 2. The summed E-state index contributed by atoms with van der Waals surface area (Å²) in [4.78, 5) is 24.2. The molecule has 2 heterocycles. The summed E-state index contributed by atoms with van der Waals surface area (Å²) in [5, 5.41) is 9.77. The first-order chi connectivity index (χ1) is 12.7. The maximum absolute atomic E-state index is 12.3. The minimum absolute atomic E-state index is 0.0246. The Morgan fingerprint density at radius 2 is 2.35 bits per heavy atom. The lowest BCUT2D eigenvalue weighted by Gasteiger charge is -2.12. The lowest BCUT2D eigenvalue weighted by Crippen LogP contribution is -2.25. The SMILES string of the molecule is CCOc1ccccc1NC(=O)CSc1n[nH]c(=O)n1C[C@H]1CCCO1. The summed E-state index contributed by atoms with van der Waals surface area (Å²) in [6.07, 6.45) is 1.95. The maximum atomic E-state index is 12.3. The first-order valence-electron chi connectivity index (χ1n) is 8.58. The fraction of sp³-hybridized carbons (Fsp3) is 0.471. The Hall–Kier alpha value is -2.26. The van der Waals surface area contributed by atoms with Crippen molar-refractivity contribution in [1.82, 2.24) is 14.8 Å². The van der Waals surface area contributed by atoms with Crippen molar-refractivity contribution in [3.8, 4) is 5.75 Å². The quantitative estimate of drug-likeness (QED) is 0.681. The third-order valence-electron chi connectivity index (χ3n) is 3.93. The number of thioether (sulfide) groups is 1. The van der Waals surface area contributed by atoms with E-state index in [4.69, 9.17) is 9.47 Å². The van der Waals surface area contributed by atoms with Crippen LogP contribution in [0, 0.1) is 0 Å². The number of anilines is 1. The number of H-pyrrole nitrogens is 1. The number of hydrogen-bond donors (Lipinski definition) is 2. The standard InChI is InChI=1S/C17H22N4O4S/c1-2-24-14-8-4-3-7-13(14)18-15(22)11-26-17-20-19-16(23)21(17)10-12-6-5-9-25-12/h3-4,7-8,12H,2,5-6,9-11H2,1H3,(H,18,22)(H,19,23)/t12-/m1/s1. The van der Waals surface area contributed by atoms with Crippen molar-refractivity contribution in [3.63, 3.8) is 0 Å². The van der Waals surface area contributed by atoms with Crippen molar-refractivity contribution >= 4 is 23.4 Å². The number of benzene rings is 1. The second-order valence-corrected chi connectivity index (χ2v) is 6.77. The first-order valence-corrected chi connectivity index (χ1v) is 9.57. The molecule has 0 unspecified atom stereocenters. The van der Waals surface area contributed by atoms with Crippen molar-refractivity contribution < 1.29 is 14.3 Å². The van der Waals surface area contributed by atoms with Crippen molar-refractivity contribution in [2.45, 2.75) is 37.6 Å². The number of aromatic amines is 1. The molecule has 0 bridgehead atoms. The van der Waals surface area contributed by atoms with Gasteiger partial charge in [-0.15, -0.1) is 5.10 Å². The molecule has 9 heteroatoms. The molecule has 1 amide bonds. The van der Waals surface area contributed by atoms with Gasteiger partial charge in [0.2, 0.25) is 5.91 Å². The Morgan fingerprint density at radius 1 is 1.50 bits per heavy atom. The molecule has 1 aliphatic rings. The van der Waals surface area contributed by atoms with Crippen LogP contribution >= 0.6 is 11.8 Å². The minimum atomic E-state index is -0.287. The van der Waals surface area contributed by atoms with E-state index in [0.717, 1.165) is 19.4 Å². The highest BCUT2D eigenvalue weighted by Gasteiger charge is 2.20. The van der Waals surface area contributed by atoms with Gasteiger partial charge in [-0.1, -0.05) is 23.9 Å². The highest BCUT2D eigenvalue weighted by molar-refractivity contribution is 7.99. The molecule has 1 aromatic carbocycles. The summed E-state index contributed by atoms with van der Waals surface area (Å²) in [7, 11) is 0. The van der Waals surface area contributed by atoms with Gasteiger partial charge < -0.3 is 14.8 Å². The maximum Gasteiger partial charge on any atom is 0.344 e. The molecule has 8 nitrogen and oxygen atoms in total. The van der Waals surface area contributed by atoms with Crippen LogP contribution < -0.4 is 15.7 Å². The number of para-hydroxylation sites is 2. The molecular formula is C17H22N4O4S. The Balaban J connectivity index is 1.59. The van der Waals surface area contributed by atoms with Crippen molar-refractivity contribution in [2.75, 3.05) is 24.3 Å². The molecule has 1 aromatic heterocycles. The van der Waals surface area contributed by atoms with E-state index in [-0.39, 0.29) is 23.5 Å². The summed E-state index contributed by atoms with van der Waals surface area (Å²) in [6, 6.07) is 7.27. The largest absolute Gasteiger partial charge is 0.492 e. The highest BCUT2D eigenvalue weighted by Crippen LogP contribution is 2.24. The molecule has 1 saturated heterocycles.